The van der Waals surface area contributed by atoms with Gasteiger partial charge in [0, 0.05) is 0 Å². The molecule has 1 aromatic heterocycles. The normalized spacial score (nSPS) is 20.3. The van der Waals surface area contributed by atoms with E-state index in [1.54, 1.807) is 6.92 Å². The van der Waals surface area contributed by atoms with Gasteiger partial charge in [0.2, 0.25) is 17.4 Å². The van der Waals surface area contributed by atoms with Crippen molar-refractivity contribution in [2.24, 2.45) is 10.7 Å². The number of nitrogens with one attached hydrogen (secondary N) is 2. The molecule has 0 radical (unpaired) electrons. The van der Waals surface area contributed by atoms with E-state index in [0.717, 1.165) is 0 Å². The third kappa shape index (κ3) is 3.45. The number of fused-ring (bicyclic) bond motifs is 1. The van der Waals surface area contributed by atoms with E-state index in [0.29, 0.717) is 11.5 Å². The molecule has 2 aliphatic rings. The fourth-order valence-corrected chi connectivity index (χ4v) is 3.32. The van der Waals surface area contributed by atoms with E-state index in [-0.39, 0.29) is 18.4 Å². The van der Waals surface area contributed by atoms with Gasteiger partial charge < -0.3 is 50.6 Å². The van der Waals surface area contributed by atoms with Crippen LogP contribution in [0.1, 0.15) is 12.7 Å². The van der Waals surface area contributed by atoms with Gasteiger partial charge >= 0.3 is 13.6 Å². The average Bonchev–Trinajstić information content (AvgIpc) is 3.09. The quantitative estimate of drug-likeness (QED) is 0.250. The summed E-state index contributed by atoms with van der Waals surface area (Å²) in [7, 11) is -5.11. The highest BCUT2D eigenvalue weighted by Crippen LogP contribution is 2.46. The van der Waals surface area contributed by atoms with Crippen LogP contribution in [0.15, 0.2) is 20.9 Å². The predicted molar refractivity (Wildman–Crippen MR) is 92.0 cm³/mol. The highest BCUT2D eigenvalue weighted by molar-refractivity contribution is 7.53. The number of nitrogens with zero attached hydrogens (tertiary/aromatic N) is 2. The van der Waals surface area contributed by atoms with Crippen LogP contribution in [0.25, 0.3) is 0 Å². The zero-order chi connectivity index (χ0) is 20.8. The molecule has 0 aromatic carbocycles. The Bertz CT molecular complexity index is 920. The lowest BCUT2D eigenvalue weighted by molar-refractivity contribution is -0.146. The molecule has 1 fully saturated rings. The molecule has 0 unspecified atom stereocenters. The minimum absolute atomic E-state index is 0.123. The summed E-state index contributed by atoms with van der Waals surface area (Å²) in [5, 5.41) is 35.1. The summed E-state index contributed by atoms with van der Waals surface area (Å²) in [5.74, 6) is -5.64. The van der Waals surface area contributed by atoms with Crippen molar-refractivity contribution in [3.63, 3.8) is 0 Å². The Morgan fingerprint density at radius 3 is 2.75 bits per heavy atom. The van der Waals surface area contributed by atoms with Crippen LogP contribution >= 0.6 is 7.60 Å². The molecule has 28 heavy (non-hydrogen) atoms. The first-order valence-electron chi connectivity index (χ1n) is 7.76. The molecule has 0 aliphatic carbocycles. The number of aromatic hydroxyl groups is 2. The minimum atomic E-state index is -5.11. The van der Waals surface area contributed by atoms with E-state index in [1.807, 2.05) is 0 Å². The maximum absolute atomic E-state index is 11.2. The Morgan fingerprint density at radius 2 is 2.14 bits per heavy atom. The van der Waals surface area contributed by atoms with Gasteiger partial charge in [0.15, 0.2) is 5.76 Å². The molecule has 3 heterocycles. The molecule has 3 rings (SSSR count). The van der Waals surface area contributed by atoms with Gasteiger partial charge in [-0.15, -0.1) is 0 Å². The number of carboxylic acid groups (broad SMARTS) is 1. The summed E-state index contributed by atoms with van der Waals surface area (Å²) < 4.78 is 21.2. The van der Waals surface area contributed by atoms with Gasteiger partial charge in [-0.1, -0.05) is 0 Å². The molecule has 1 saturated heterocycles. The van der Waals surface area contributed by atoms with Gasteiger partial charge in [0.05, 0.1) is 12.4 Å². The van der Waals surface area contributed by atoms with Crippen molar-refractivity contribution in [1.82, 2.24) is 10.6 Å². The number of hydrogen-bond donors (Lipinski definition) is 8. The number of aliphatic imine (C=N–C) groups is 1. The number of furan rings is 1. The predicted octanol–water partition coefficient (Wildman–Crippen LogP) is -1.36. The largest absolute Gasteiger partial charge is 0.502 e. The minimum Gasteiger partial charge on any atom is -0.502 e. The zero-order valence-corrected chi connectivity index (χ0v) is 15.3. The van der Waals surface area contributed by atoms with Gasteiger partial charge in [-0.05, 0) is 6.92 Å². The Morgan fingerprint density at radius 1 is 1.46 bits per heavy atom. The average molecular weight is 419 g/mol. The van der Waals surface area contributed by atoms with Crippen molar-refractivity contribution < 1.29 is 43.6 Å². The number of aliphatic carboxylic acids is 1. The van der Waals surface area contributed by atoms with Crippen molar-refractivity contribution in [3.05, 3.63) is 17.3 Å². The lowest BCUT2D eigenvalue weighted by Gasteiger charge is -2.27. The number of rotatable bonds is 6. The van der Waals surface area contributed by atoms with Crippen LogP contribution in [-0.2, 0) is 20.7 Å². The van der Waals surface area contributed by atoms with Crippen molar-refractivity contribution in [2.75, 3.05) is 11.6 Å². The molecule has 0 saturated carbocycles. The number of ether oxygens (including phenoxy) is 1. The number of amidine groups is 1. The van der Waals surface area contributed by atoms with Crippen molar-refractivity contribution >= 4 is 25.3 Å². The SMILES string of the molecule is CC1=NC(N)=C2NCN(c3oc(CO[C@@H](C(=O)O)P(=O)(O)O)c(O)c3O)[C@H]2N1. The Labute approximate surface area is 157 Å². The molecular weight excluding hydrogens is 401 g/mol. The molecule has 0 amide bonds. The first-order chi connectivity index (χ1) is 13.0. The highest BCUT2D eigenvalue weighted by atomic mass is 31.2. The van der Waals surface area contributed by atoms with Crippen molar-refractivity contribution in [1.29, 1.82) is 0 Å². The third-order valence-corrected chi connectivity index (χ3v) is 4.98. The molecule has 14 nitrogen and oxygen atoms in total. The van der Waals surface area contributed by atoms with Gasteiger partial charge in [-0.3, -0.25) is 9.46 Å². The summed E-state index contributed by atoms with van der Waals surface area (Å²) in [5.41, 5.74) is 6.36. The number of anilines is 1. The van der Waals surface area contributed by atoms with E-state index in [2.05, 4.69) is 20.4 Å². The van der Waals surface area contributed by atoms with E-state index >= 15 is 0 Å². The summed E-state index contributed by atoms with van der Waals surface area (Å²) in [6, 6.07) is 0. The van der Waals surface area contributed by atoms with Crippen LogP contribution in [0.5, 0.6) is 11.5 Å². The molecule has 154 valence electrons. The maximum atomic E-state index is 11.2. The highest BCUT2D eigenvalue weighted by Gasteiger charge is 2.40. The van der Waals surface area contributed by atoms with Crippen LogP contribution in [-0.4, -0.2) is 55.6 Å². The van der Waals surface area contributed by atoms with E-state index < -0.39 is 49.4 Å². The van der Waals surface area contributed by atoms with Crippen molar-refractivity contribution in [2.45, 2.75) is 25.5 Å². The fourth-order valence-electron chi connectivity index (χ4n) is 2.76. The first-order valence-corrected chi connectivity index (χ1v) is 9.44. The summed E-state index contributed by atoms with van der Waals surface area (Å²) >= 11 is 0. The molecular formula is C13H18N5O9P. The van der Waals surface area contributed by atoms with Gasteiger partial charge in [0.1, 0.15) is 24.4 Å². The smallest absolute Gasteiger partial charge is 0.365 e. The van der Waals surface area contributed by atoms with E-state index in [9.17, 15) is 19.6 Å². The van der Waals surface area contributed by atoms with Crippen molar-refractivity contribution in [3.8, 4) is 11.5 Å². The maximum Gasteiger partial charge on any atom is 0.365 e. The van der Waals surface area contributed by atoms with Crippen LogP contribution < -0.4 is 21.3 Å². The van der Waals surface area contributed by atoms with Gasteiger partial charge in [0.25, 0.3) is 5.85 Å². The van der Waals surface area contributed by atoms with Crippen LogP contribution in [0, 0.1) is 0 Å². The summed E-state index contributed by atoms with van der Waals surface area (Å²) in [6.07, 6.45) is -0.579. The lowest BCUT2D eigenvalue weighted by Crippen LogP contribution is -2.47. The molecule has 0 bridgehead atoms. The number of carboxylic acids is 1. The van der Waals surface area contributed by atoms with Crippen LogP contribution in [0.2, 0.25) is 0 Å². The standard InChI is InChI=1S/C13H18N5O9P/c1-4-16-9(14)6-10(17-4)18(3-15-6)11-8(20)7(19)5(27-11)2-26-13(12(21)22)28(23,24)25/h10,13,15,19-20H,2-3,14H2,1H3,(H,16,17)(H,21,22)(H2,23,24,25)/t10-,13-/m1/s1. The van der Waals surface area contributed by atoms with Gasteiger partial charge in [-0.25, -0.2) is 9.79 Å². The molecule has 15 heteroatoms. The molecule has 2 aliphatic heterocycles. The zero-order valence-electron chi connectivity index (χ0n) is 14.4. The number of carbonyl (C=O) groups is 1. The molecule has 2 atom stereocenters. The Hall–Kier alpha value is -2.93. The second-order valence-corrected chi connectivity index (χ2v) is 7.61. The van der Waals surface area contributed by atoms with E-state index in [4.69, 9.17) is 25.0 Å². The first kappa shape index (κ1) is 19.8. The Kier molecular flexibility index (Phi) is 4.89. The van der Waals surface area contributed by atoms with Crippen LogP contribution in [0.4, 0.5) is 5.88 Å². The summed E-state index contributed by atoms with van der Waals surface area (Å²) in [6.45, 7) is 0.983. The number of hydrogen-bond acceptors (Lipinski definition) is 11. The summed E-state index contributed by atoms with van der Waals surface area (Å²) in [4.78, 5) is 34.5. The Balaban J connectivity index is 1.84. The second kappa shape index (κ2) is 6.91. The molecule has 9 N–H and O–H groups in total. The topological polar surface area (TPSA) is 223 Å². The van der Waals surface area contributed by atoms with Crippen LogP contribution in [0.3, 0.4) is 0 Å². The number of nitrogens with two attached hydrogens (primary N) is 1. The molecule has 1 aromatic rings. The van der Waals surface area contributed by atoms with Gasteiger partial charge in [-0.2, -0.15) is 0 Å². The lowest BCUT2D eigenvalue weighted by atomic mass is 10.3. The molecule has 0 spiro atoms. The fraction of sp³-hybridized carbons (Fsp3) is 0.385. The van der Waals surface area contributed by atoms with E-state index in [1.165, 1.54) is 4.90 Å². The third-order valence-electron chi connectivity index (χ3n) is 4.00. The second-order valence-electron chi connectivity index (χ2n) is 5.97. The monoisotopic (exact) mass is 419 g/mol.